The second-order valence-corrected chi connectivity index (χ2v) is 5.45. The number of nitrogens with one attached hydrogen (secondary N) is 1. The van der Waals surface area contributed by atoms with Gasteiger partial charge in [-0.05, 0) is 30.3 Å². The maximum atomic E-state index is 11.9. The standard InChI is InChI=1S/C15H12BrN3O5/c1-24-13-7-9(6-12(14(13)20)19(22)23)8-17-18-15(21)10-2-4-11(16)5-3-10/h2-8,20H,1H3,(H,18,21)/p-1. The van der Waals surface area contributed by atoms with Gasteiger partial charge in [0.15, 0.2) is 0 Å². The molecule has 0 bridgehead atoms. The number of carbonyl (C=O) groups is 1. The van der Waals surface area contributed by atoms with Gasteiger partial charge in [0.25, 0.3) is 11.6 Å². The fourth-order valence-electron chi connectivity index (χ4n) is 1.80. The van der Waals surface area contributed by atoms with E-state index < -0.39 is 22.3 Å². The minimum atomic E-state index is -0.821. The largest absolute Gasteiger partial charge is 0.865 e. The van der Waals surface area contributed by atoms with Crippen LogP contribution < -0.4 is 15.3 Å². The van der Waals surface area contributed by atoms with Crippen molar-refractivity contribution in [2.24, 2.45) is 5.10 Å². The van der Waals surface area contributed by atoms with Crippen LogP contribution in [0, 0.1) is 10.1 Å². The van der Waals surface area contributed by atoms with Crippen LogP contribution in [0.2, 0.25) is 0 Å². The SMILES string of the molecule is COc1cc(C=NNC(=O)c2ccc(Br)cc2)cc([N+](=O)[O-])c1[O-]. The molecule has 1 amide bonds. The van der Waals surface area contributed by atoms with E-state index in [0.29, 0.717) is 5.56 Å². The van der Waals surface area contributed by atoms with E-state index in [2.05, 4.69) is 26.5 Å². The average Bonchev–Trinajstić information content (AvgIpc) is 2.56. The minimum absolute atomic E-state index is 0.176. The van der Waals surface area contributed by atoms with Gasteiger partial charge < -0.3 is 9.84 Å². The highest BCUT2D eigenvalue weighted by Gasteiger charge is 2.12. The Labute approximate surface area is 145 Å². The summed E-state index contributed by atoms with van der Waals surface area (Å²) in [5, 5.41) is 26.3. The van der Waals surface area contributed by atoms with Gasteiger partial charge in [-0.25, -0.2) is 5.43 Å². The van der Waals surface area contributed by atoms with Crippen molar-refractivity contribution in [3.05, 3.63) is 62.1 Å². The maximum absolute atomic E-state index is 11.9. The first kappa shape index (κ1) is 17.4. The minimum Gasteiger partial charge on any atom is -0.865 e. The third-order valence-electron chi connectivity index (χ3n) is 2.96. The number of hydrazone groups is 1. The number of halogens is 1. The number of carbonyl (C=O) groups excluding carboxylic acids is 1. The number of methoxy groups -OCH3 is 1. The Bertz CT molecular complexity index is 806. The van der Waals surface area contributed by atoms with Crippen LogP contribution in [0.5, 0.6) is 11.5 Å². The highest BCUT2D eigenvalue weighted by Crippen LogP contribution is 2.33. The van der Waals surface area contributed by atoms with E-state index in [0.717, 1.165) is 10.5 Å². The highest BCUT2D eigenvalue weighted by atomic mass is 79.9. The lowest BCUT2D eigenvalue weighted by atomic mass is 10.2. The fraction of sp³-hybridized carbons (Fsp3) is 0.0667. The van der Waals surface area contributed by atoms with E-state index in [1.54, 1.807) is 24.3 Å². The van der Waals surface area contributed by atoms with Crippen LogP contribution in [0.4, 0.5) is 5.69 Å². The Morgan fingerprint density at radius 2 is 2.00 bits per heavy atom. The summed E-state index contributed by atoms with van der Waals surface area (Å²) < 4.78 is 5.65. The van der Waals surface area contributed by atoms with Crippen LogP contribution in [-0.4, -0.2) is 24.2 Å². The van der Waals surface area contributed by atoms with Crippen molar-refractivity contribution in [1.29, 1.82) is 0 Å². The van der Waals surface area contributed by atoms with Gasteiger partial charge in [-0.1, -0.05) is 15.9 Å². The Hall–Kier alpha value is -2.94. The molecule has 0 saturated carbocycles. The molecule has 9 heteroatoms. The van der Waals surface area contributed by atoms with Crippen LogP contribution in [0.15, 0.2) is 46.0 Å². The summed E-state index contributed by atoms with van der Waals surface area (Å²) in [6, 6.07) is 8.98. The Morgan fingerprint density at radius 1 is 1.33 bits per heavy atom. The quantitative estimate of drug-likeness (QED) is 0.475. The molecule has 0 spiro atoms. The maximum Gasteiger partial charge on any atom is 0.271 e. The number of hydrogen-bond acceptors (Lipinski definition) is 6. The molecule has 0 heterocycles. The number of hydrogen-bond donors (Lipinski definition) is 1. The van der Waals surface area contributed by atoms with Gasteiger partial charge in [-0.2, -0.15) is 5.10 Å². The molecule has 2 aromatic carbocycles. The Kier molecular flexibility index (Phi) is 5.48. The molecule has 24 heavy (non-hydrogen) atoms. The van der Waals surface area contributed by atoms with Crippen molar-refractivity contribution in [2.75, 3.05) is 7.11 Å². The van der Waals surface area contributed by atoms with E-state index in [1.807, 2.05) is 0 Å². The molecule has 2 rings (SSSR count). The van der Waals surface area contributed by atoms with Crippen molar-refractivity contribution in [2.45, 2.75) is 0 Å². The average molecular weight is 393 g/mol. The molecule has 8 nitrogen and oxygen atoms in total. The molecule has 0 aliphatic rings. The second-order valence-electron chi connectivity index (χ2n) is 4.53. The van der Waals surface area contributed by atoms with Crippen molar-refractivity contribution in [3.63, 3.8) is 0 Å². The molecule has 0 saturated heterocycles. The molecule has 0 aliphatic carbocycles. The number of nitro benzene ring substituents is 1. The molecule has 0 aromatic heterocycles. The number of nitrogens with zero attached hydrogens (tertiary/aromatic N) is 2. The van der Waals surface area contributed by atoms with E-state index in [9.17, 15) is 20.0 Å². The van der Waals surface area contributed by atoms with Gasteiger partial charge in [0.2, 0.25) is 0 Å². The number of amides is 1. The molecule has 2 aromatic rings. The number of nitro groups is 1. The summed E-state index contributed by atoms with van der Waals surface area (Å²) >= 11 is 3.26. The fourth-order valence-corrected chi connectivity index (χ4v) is 2.07. The van der Waals surface area contributed by atoms with Crippen LogP contribution in [0.3, 0.4) is 0 Å². The summed E-state index contributed by atoms with van der Waals surface area (Å²) in [6.45, 7) is 0. The van der Waals surface area contributed by atoms with Gasteiger partial charge >= 0.3 is 0 Å². The predicted molar refractivity (Wildman–Crippen MR) is 88.3 cm³/mol. The molecule has 124 valence electrons. The lowest BCUT2D eigenvalue weighted by Gasteiger charge is -2.12. The summed E-state index contributed by atoms with van der Waals surface area (Å²) in [6.07, 6.45) is 1.19. The lowest BCUT2D eigenvalue weighted by Crippen LogP contribution is -2.17. The zero-order chi connectivity index (χ0) is 17.7. The predicted octanol–water partition coefficient (Wildman–Crippen LogP) is 2.20. The zero-order valence-electron chi connectivity index (χ0n) is 12.4. The zero-order valence-corrected chi connectivity index (χ0v) is 13.9. The molecule has 0 fully saturated rings. The van der Waals surface area contributed by atoms with Crippen molar-refractivity contribution < 1.29 is 19.6 Å². The molecule has 0 atom stereocenters. The highest BCUT2D eigenvalue weighted by molar-refractivity contribution is 9.10. The molecule has 0 radical (unpaired) electrons. The first-order chi connectivity index (χ1) is 11.4. The van der Waals surface area contributed by atoms with E-state index in [4.69, 9.17) is 4.74 Å². The van der Waals surface area contributed by atoms with Crippen molar-refractivity contribution in [1.82, 2.24) is 5.43 Å². The van der Waals surface area contributed by atoms with Crippen LogP contribution >= 0.6 is 15.9 Å². The van der Waals surface area contributed by atoms with E-state index >= 15 is 0 Å². The van der Waals surface area contributed by atoms with Gasteiger partial charge in [0.1, 0.15) is 5.75 Å². The smallest absolute Gasteiger partial charge is 0.271 e. The summed E-state index contributed by atoms with van der Waals surface area (Å²) in [5.41, 5.74) is 2.31. The molecule has 0 aliphatic heterocycles. The first-order valence-electron chi connectivity index (χ1n) is 6.54. The topological polar surface area (TPSA) is 117 Å². The molecule has 0 unspecified atom stereocenters. The lowest BCUT2D eigenvalue weighted by molar-refractivity contribution is -0.398. The number of rotatable bonds is 5. The van der Waals surface area contributed by atoms with Crippen LogP contribution in [0.1, 0.15) is 15.9 Å². The second kappa shape index (κ2) is 7.55. The van der Waals surface area contributed by atoms with E-state index in [1.165, 1.54) is 19.4 Å². The first-order valence-corrected chi connectivity index (χ1v) is 7.34. The number of benzene rings is 2. The van der Waals surface area contributed by atoms with Gasteiger partial charge in [-0.15, -0.1) is 0 Å². The normalized spacial score (nSPS) is 10.6. The molecular formula is C15H11BrN3O5-. The monoisotopic (exact) mass is 392 g/mol. The summed E-state index contributed by atoms with van der Waals surface area (Å²) in [4.78, 5) is 21.9. The molecular weight excluding hydrogens is 382 g/mol. The van der Waals surface area contributed by atoms with Gasteiger partial charge in [-0.3, -0.25) is 14.9 Å². The van der Waals surface area contributed by atoms with Crippen molar-refractivity contribution in [3.8, 4) is 11.5 Å². The van der Waals surface area contributed by atoms with Crippen molar-refractivity contribution >= 4 is 33.7 Å². The van der Waals surface area contributed by atoms with Gasteiger partial charge in [0.05, 0.1) is 18.2 Å². The van der Waals surface area contributed by atoms with Crippen LogP contribution in [0.25, 0.3) is 0 Å². The third-order valence-corrected chi connectivity index (χ3v) is 3.49. The summed E-state index contributed by atoms with van der Waals surface area (Å²) in [5.74, 6) is -1.44. The van der Waals surface area contributed by atoms with Gasteiger partial charge in [0, 0.05) is 27.4 Å². The summed E-state index contributed by atoms with van der Waals surface area (Å²) in [7, 11) is 1.23. The molecule has 1 N–H and O–H groups in total. The Morgan fingerprint density at radius 3 is 2.58 bits per heavy atom. The third kappa shape index (κ3) is 4.07. The number of ether oxygens (including phenoxy) is 1. The van der Waals surface area contributed by atoms with E-state index in [-0.39, 0.29) is 11.3 Å². The van der Waals surface area contributed by atoms with Crippen LogP contribution in [-0.2, 0) is 0 Å². The Balaban J connectivity index is 2.16.